The summed E-state index contributed by atoms with van der Waals surface area (Å²) in [4.78, 5) is 27.9. The van der Waals surface area contributed by atoms with Gasteiger partial charge >= 0.3 is 0 Å². The van der Waals surface area contributed by atoms with Crippen LogP contribution in [0.1, 0.15) is 19.8 Å². The van der Waals surface area contributed by atoms with Crippen molar-refractivity contribution in [1.29, 1.82) is 0 Å². The zero-order chi connectivity index (χ0) is 17.2. The van der Waals surface area contributed by atoms with Crippen LogP contribution in [0.2, 0.25) is 0 Å². The Balaban J connectivity index is 1.91. The van der Waals surface area contributed by atoms with Gasteiger partial charge in [-0.2, -0.15) is 17.0 Å². The smallest absolute Gasteiger partial charge is 0.281 e. The van der Waals surface area contributed by atoms with Crippen molar-refractivity contribution in [1.82, 2.24) is 18.4 Å². The first-order chi connectivity index (χ1) is 10.8. The Kier molecular flexibility index (Phi) is 5.64. The first-order valence-corrected chi connectivity index (χ1v) is 9.41. The average molecular weight is 346 g/mol. The molecule has 2 rings (SSSR count). The summed E-state index contributed by atoms with van der Waals surface area (Å²) in [5.41, 5.74) is 0. The fraction of sp³-hybridized carbons (Fsp3) is 0.857. The number of piperazine rings is 1. The van der Waals surface area contributed by atoms with E-state index in [1.165, 1.54) is 22.7 Å². The average Bonchev–Trinajstić information content (AvgIpc) is 2.88. The highest BCUT2D eigenvalue weighted by Gasteiger charge is 2.38. The van der Waals surface area contributed by atoms with Crippen LogP contribution in [-0.2, 0) is 19.8 Å². The van der Waals surface area contributed by atoms with E-state index in [0.717, 1.165) is 6.42 Å². The fourth-order valence-corrected chi connectivity index (χ4v) is 4.14. The van der Waals surface area contributed by atoms with Gasteiger partial charge in [0.05, 0.1) is 5.92 Å². The minimum absolute atomic E-state index is 0.0288. The summed E-state index contributed by atoms with van der Waals surface area (Å²) >= 11 is 0. The van der Waals surface area contributed by atoms with E-state index in [4.69, 9.17) is 0 Å². The lowest BCUT2D eigenvalue weighted by molar-refractivity contribution is -0.137. The van der Waals surface area contributed by atoms with Crippen molar-refractivity contribution >= 4 is 22.0 Å². The Labute approximate surface area is 138 Å². The Morgan fingerprint density at radius 2 is 1.83 bits per heavy atom. The molecule has 1 atom stereocenters. The molecule has 2 aliphatic heterocycles. The van der Waals surface area contributed by atoms with Crippen LogP contribution in [0.4, 0.5) is 0 Å². The van der Waals surface area contributed by atoms with Gasteiger partial charge in [-0.1, -0.05) is 6.92 Å². The predicted octanol–water partition coefficient (Wildman–Crippen LogP) is -0.804. The van der Waals surface area contributed by atoms with Crippen LogP contribution in [0, 0.1) is 5.92 Å². The Morgan fingerprint density at radius 3 is 2.35 bits per heavy atom. The first kappa shape index (κ1) is 18.2. The SMILES string of the molecule is CCCN1CC(C(=O)N2CCN(S(=O)(=O)N(C)C)CC2)CC1=O. The Bertz CT molecular complexity index is 555. The van der Waals surface area contributed by atoms with Gasteiger partial charge in [0, 0.05) is 59.8 Å². The van der Waals surface area contributed by atoms with Crippen LogP contribution in [0.3, 0.4) is 0 Å². The van der Waals surface area contributed by atoms with Crippen LogP contribution in [0.5, 0.6) is 0 Å². The van der Waals surface area contributed by atoms with Gasteiger partial charge in [0.2, 0.25) is 11.8 Å². The van der Waals surface area contributed by atoms with Gasteiger partial charge in [-0.05, 0) is 6.42 Å². The molecule has 2 amide bonds. The highest BCUT2D eigenvalue weighted by Crippen LogP contribution is 2.21. The minimum atomic E-state index is -3.43. The summed E-state index contributed by atoms with van der Waals surface area (Å²) in [5.74, 6) is -0.274. The van der Waals surface area contributed by atoms with Crippen molar-refractivity contribution in [2.45, 2.75) is 19.8 Å². The zero-order valence-electron chi connectivity index (χ0n) is 14.1. The number of rotatable bonds is 5. The number of hydrogen-bond donors (Lipinski definition) is 0. The van der Waals surface area contributed by atoms with Crippen LogP contribution in [0.15, 0.2) is 0 Å². The lowest BCUT2D eigenvalue weighted by Gasteiger charge is -2.36. The third kappa shape index (κ3) is 3.84. The highest BCUT2D eigenvalue weighted by atomic mass is 32.2. The second-order valence-electron chi connectivity index (χ2n) is 6.26. The van der Waals surface area contributed by atoms with Crippen LogP contribution >= 0.6 is 0 Å². The summed E-state index contributed by atoms with van der Waals surface area (Å²) in [6.07, 6.45) is 1.16. The van der Waals surface area contributed by atoms with Crippen molar-refractivity contribution < 1.29 is 18.0 Å². The molecule has 0 aromatic heterocycles. The molecule has 0 aromatic carbocycles. The molecule has 0 spiro atoms. The second-order valence-corrected chi connectivity index (χ2v) is 8.40. The van der Waals surface area contributed by atoms with Crippen LogP contribution < -0.4 is 0 Å². The molecule has 1 unspecified atom stereocenters. The van der Waals surface area contributed by atoms with Gasteiger partial charge in [-0.3, -0.25) is 9.59 Å². The van der Waals surface area contributed by atoms with Gasteiger partial charge in [0.15, 0.2) is 0 Å². The number of likely N-dealkylation sites (tertiary alicyclic amines) is 1. The molecule has 8 nitrogen and oxygen atoms in total. The normalized spacial score (nSPS) is 23.8. The third-order valence-corrected chi connectivity index (χ3v) is 6.34. The third-order valence-electron chi connectivity index (χ3n) is 4.40. The number of carbonyl (C=O) groups excluding carboxylic acids is 2. The molecule has 23 heavy (non-hydrogen) atoms. The molecule has 0 aliphatic carbocycles. The topological polar surface area (TPSA) is 81.2 Å². The van der Waals surface area contributed by atoms with E-state index in [1.54, 1.807) is 9.80 Å². The maximum absolute atomic E-state index is 12.6. The number of hydrogen-bond acceptors (Lipinski definition) is 4. The summed E-state index contributed by atoms with van der Waals surface area (Å²) < 4.78 is 26.7. The molecule has 2 heterocycles. The highest BCUT2D eigenvalue weighted by molar-refractivity contribution is 7.86. The van der Waals surface area contributed by atoms with E-state index in [9.17, 15) is 18.0 Å². The zero-order valence-corrected chi connectivity index (χ0v) is 14.9. The molecule has 132 valence electrons. The minimum Gasteiger partial charge on any atom is -0.342 e. The molecule has 2 aliphatic rings. The van der Waals surface area contributed by atoms with E-state index >= 15 is 0 Å². The Morgan fingerprint density at radius 1 is 1.22 bits per heavy atom. The predicted molar refractivity (Wildman–Crippen MR) is 85.7 cm³/mol. The van der Waals surface area contributed by atoms with Crippen molar-refractivity contribution in [2.24, 2.45) is 5.92 Å². The number of nitrogens with zero attached hydrogens (tertiary/aromatic N) is 4. The summed E-state index contributed by atoms with van der Waals surface area (Å²) in [7, 11) is -0.428. The van der Waals surface area contributed by atoms with E-state index < -0.39 is 10.2 Å². The fourth-order valence-electron chi connectivity index (χ4n) is 3.05. The lowest BCUT2D eigenvalue weighted by atomic mass is 10.1. The standard InChI is InChI=1S/C14H26N4O4S/c1-4-5-17-11-12(10-13(17)19)14(20)16-6-8-18(9-7-16)23(21,22)15(2)3/h12H,4-11H2,1-3H3. The summed E-state index contributed by atoms with van der Waals surface area (Å²) in [6, 6.07) is 0. The molecule has 0 radical (unpaired) electrons. The molecular weight excluding hydrogens is 320 g/mol. The van der Waals surface area contributed by atoms with Gasteiger partial charge in [0.1, 0.15) is 0 Å². The van der Waals surface area contributed by atoms with Crippen molar-refractivity contribution in [3.8, 4) is 0 Å². The van der Waals surface area contributed by atoms with Crippen molar-refractivity contribution in [3.63, 3.8) is 0 Å². The van der Waals surface area contributed by atoms with E-state index in [2.05, 4.69) is 0 Å². The summed E-state index contributed by atoms with van der Waals surface area (Å²) in [5, 5.41) is 0. The molecule has 0 saturated carbocycles. The maximum atomic E-state index is 12.6. The van der Waals surface area contributed by atoms with Crippen LogP contribution in [0.25, 0.3) is 0 Å². The molecule has 0 bridgehead atoms. The Hall–Kier alpha value is -1.19. The van der Waals surface area contributed by atoms with Crippen molar-refractivity contribution in [2.75, 3.05) is 53.4 Å². The van der Waals surface area contributed by atoms with E-state index in [-0.39, 0.29) is 24.2 Å². The van der Waals surface area contributed by atoms with E-state index in [0.29, 0.717) is 39.3 Å². The first-order valence-electron chi connectivity index (χ1n) is 8.01. The monoisotopic (exact) mass is 346 g/mol. The molecular formula is C14H26N4O4S. The maximum Gasteiger partial charge on any atom is 0.281 e. The number of amides is 2. The quantitative estimate of drug-likeness (QED) is 0.652. The van der Waals surface area contributed by atoms with E-state index in [1.807, 2.05) is 6.92 Å². The van der Waals surface area contributed by atoms with Gasteiger partial charge in [0.25, 0.3) is 10.2 Å². The molecule has 2 fully saturated rings. The van der Waals surface area contributed by atoms with Gasteiger partial charge in [-0.15, -0.1) is 0 Å². The van der Waals surface area contributed by atoms with Gasteiger partial charge in [-0.25, -0.2) is 0 Å². The van der Waals surface area contributed by atoms with Gasteiger partial charge < -0.3 is 9.80 Å². The molecule has 0 N–H and O–H groups in total. The van der Waals surface area contributed by atoms with Crippen LogP contribution in [-0.4, -0.2) is 92.0 Å². The number of carbonyl (C=O) groups is 2. The second kappa shape index (κ2) is 7.14. The van der Waals surface area contributed by atoms with Crippen molar-refractivity contribution in [3.05, 3.63) is 0 Å². The largest absolute Gasteiger partial charge is 0.342 e. The molecule has 9 heteroatoms. The molecule has 2 saturated heterocycles. The lowest BCUT2D eigenvalue weighted by Crippen LogP contribution is -2.54. The summed E-state index contributed by atoms with van der Waals surface area (Å²) in [6.45, 7) is 4.54. The molecule has 0 aromatic rings.